The van der Waals surface area contributed by atoms with E-state index in [0.29, 0.717) is 6.42 Å². The number of aliphatic hydroxyl groups is 3. The number of carbonyl (C=O) groups is 2. The lowest BCUT2D eigenvalue weighted by Crippen LogP contribution is -2.46. The summed E-state index contributed by atoms with van der Waals surface area (Å²) < 4.78 is 5.45. The Bertz CT molecular complexity index is 513. The van der Waals surface area contributed by atoms with Crippen molar-refractivity contribution in [1.82, 2.24) is 0 Å². The van der Waals surface area contributed by atoms with Crippen LogP contribution >= 0.6 is 11.6 Å². The van der Waals surface area contributed by atoms with Crippen LogP contribution in [0.4, 0.5) is 0 Å². The predicted octanol–water partition coefficient (Wildman–Crippen LogP) is 2.01. The quantitative estimate of drug-likeness (QED) is 0.454. The largest absolute Gasteiger partial charge is 0.460 e. The van der Waals surface area contributed by atoms with Crippen LogP contribution in [0.15, 0.2) is 0 Å². The van der Waals surface area contributed by atoms with Gasteiger partial charge in [-0.3, -0.25) is 9.59 Å². The summed E-state index contributed by atoms with van der Waals surface area (Å²) in [6.45, 7) is 10.2. The van der Waals surface area contributed by atoms with Crippen LogP contribution in [0.2, 0.25) is 0 Å². The maximum absolute atomic E-state index is 12.7. The summed E-state index contributed by atoms with van der Waals surface area (Å²) in [6.07, 6.45) is -3.34. The molecule has 1 aliphatic rings. The molecule has 1 aliphatic heterocycles. The molecule has 6 nitrogen and oxygen atoms in total. The molecule has 0 saturated carbocycles. The van der Waals surface area contributed by atoms with Crippen LogP contribution < -0.4 is 0 Å². The van der Waals surface area contributed by atoms with E-state index in [1.165, 1.54) is 0 Å². The van der Waals surface area contributed by atoms with Gasteiger partial charge in [0.05, 0.1) is 30.1 Å². The minimum atomic E-state index is -1.10. The molecule has 0 amide bonds. The summed E-state index contributed by atoms with van der Waals surface area (Å²) in [4.78, 5) is 25.2. The highest BCUT2D eigenvalue weighted by Crippen LogP contribution is 2.30. The summed E-state index contributed by atoms with van der Waals surface area (Å²) in [6, 6.07) is 0. The topological polar surface area (TPSA) is 104 Å². The second kappa shape index (κ2) is 10.2. The molecule has 27 heavy (non-hydrogen) atoms. The summed E-state index contributed by atoms with van der Waals surface area (Å²) in [5.74, 6) is -3.98. The Labute approximate surface area is 167 Å². The molecule has 10 atom stereocenters. The second-order valence-electron chi connectivity index (χ2n) is 8.41. The second-order valence-corrected chi connectivity index (χ2v) is 8.72. The third-order valence-electron chi connectivity index (χ3n) is 6.26. The predicted molar refractivity (Wildman–Crippen MR) is 103 cm³/mol. The molecule has 1 heterocycles. The zero-order valence-corrected chi connectivity index (χ0v) is 17.9. The Morgan fingerprint density at radius 1 is 0.889 bits per heavy atom. The standard InChI is InChI=1S/C20H35ClO6/c1-9-7-10(2)17(23)13(5)19(25)14(6)20(26)27-15(8-21)11(3)18(24)12(4)16(9)22/h9-15,17-19,23-25H,7-8H2,1-6H3. The van der Waals surface area contributed by atoms with Crippen molar-refractivity contribution in [2.75, 3.05) is 5.88 Å². The van der Waals surface area contributed by atoms with Gasteiger partial charge in [-0.25, -0.2) is 0 Å². The number of hydrogen-bond acceptors (Lipinski definition) is 6. The molecule has 0 aromatic heterocycles. The van der Waals surface area contributed by atoms with Gasteiger partial charge in [0.25, 0.3) is 0 Å². The zero-order chi connectivity index (χ0) is 21.0. The van der Waals surface area contributed by atoms with E-state index in [2.05, 4.69) is 0 Å². The summed E-state index contributed by atoms with van der Waals surface area (Å²) >= 11 is 5.95. The average Bonchev–Trinajstić information content (AvgIpc) is 2.66. The molecule has 158 valence electrons. The normalized spacial score (nSPS) is 45.9. The molecule has 3 N–H and O–H groups in total. The van der Waals surface area contributed by atoms with Gasteiger partial charge in [-0.2, -0.15) is 0 Å². The summed E-state index contributed by atoms with van der Waals surface area (Å²) in [5.41, 5.74) is 0. The fraction of sp³-hybridized carbons (Fsp3) is 0.900. The molecular formula is C20H35ClO6. The van der Waals surface area contributed by atoms with Crippen LogP contribution in [-0.2, 0) is 14.3 Å². The Morgan fingerprint density at radius 3 is 1.93 bits per heavy atom. The first kappa shape index (κ1) is 24.3. The molecule has 0 bridgehead atoms. The summed E-state index contributed by atoms with van der Waals surface area (Å²) in [7, 11) is 0. The number of ether oxygens (including phenoxy) is 1. The maximum Gasteiger partial charge on any atom is 0.311 e. The van der Waals surface area contributed by atoms with Crippen LogP contribution in [0.1, 0.15) is 48.0 Å². The van der Waals surface area contributed by atoms with Crippen molar-refractivity contribution in [2.45, 2.75) is 72.4 Å². The Morgan fingerprint density at radius 2 is 1.41 bits per heavy atom. The average molecular weight is 407 g/mol. The minimum Gasteiger partial charge on any atom is -0.460 e. The van der Waals surface area contributed by atoms with Gasteiger partial charge in [0, 0.05) is 23.7 Å². The fourth-order valence-corrected chi connectivity index (χ4v) is 4.30. The van der Waals surface area contributed by atoms with Crippen molar-refractivity contribution in [3.63, 3.8) is 0 Å². The summed E-state index contributed by atoms with van der Waals surface area (Å²) in [5, 5.41) is 31.8. The highest BCUT2D eigenvalue weighted by atomic mass is 35.5. The van der Waals surface area contributed by atoms with Crippen LogP contribution in [0.5, 0.6) is 0 Å². The van der Waals surface area contributed by atoms with Crippen molar-refractivity contribution in [3.05, 3.63) is 0 Å². The molecule has 1 saturated heterocycles. The molecule has 1 fully saturated rings. The van der Waals surface area contributed by atoms with Gasteiger partial charge in [-0.05, 0) is 19.3 Å². The SMILES string of the molecule is CC1CC(C)C(O)C(C)C(O)C(C)C(=O)OC(CCl)C(C)C(O)C(C)C1=O. The van der Waals surface area contributed by atoms with E-state index in [-0.39, 0.29) is 23.5 Å². The monoisotopic (exact) mass is 406 g/mol. The smallest absolute Gasteiger partial charge is 0.311 e. The molecule has 10 unspecified atom stereocenters. The van der Waals surface area contributed by atoms with Crippen molar-refractivity contribution in [2.24, 2.45) is 35.5 Å². The molecule has 0 aliphatic carbocycles. The van der Waals surface area contributed by atoms with E-state index in [4.69, 9.17) is 16.3 Å². The van der Waals surface area contributed by atoms with Gasteiger partial charge in [0.2, 0.25) is 0 Å². The van der Waals surface area contributed by atoms with E-state index < -0.39 is 54.1 Å². The lowest BCUT2D eigenvalue weighted by molar-refractivity contribution is -0.164. The van der Waals surface area contributed by atoms with Crippen LogP contribution in [0.25, 0.3) is 0 Å². The first-order valence-corrected chi connectivity index (χ1v) is 10.3. The van der Waals surface area contributed by atoms with E-state index in [9.17, 15) is 24.9 Å². The van der Waals surface area contributed by atoms with Crippen molar-refractivity contribution >= 4 is 23.4 Å². The molecule has 0 aromatic carbocycles. The first-order chi connectivity index (χ1) is 12.4. The number of carbonyl (C=O) groups excluding carboxylic acids is 2. The van der Waals surface area contributed by atoms with Gasteiger partial charge in [-0.1, -0.05) is 34.6 Å². The first-order valence-electron chi connectivity index (χ1n) is 9.78. The third kappa shape index (κ3) is 5.66. The van der Waals surface area contributed by atoms with Crippen LogP contribution in [0.3, 0.4) is 0 Å². The molecule has 7 heteroatoms. The minimum absolute atomic E-state index is 0.0293. The molecule has 0 aromatic rings. The number of aliphatic hydroxyl groups excluding tert-OH is 3. The van der Waals surface area contributed by atoms with Crippen LogP contribution in [0, 0.1) is 35.5 Å². The van der Waals surface area contributed by atoms with Crippen molar-refractivity contribution in [3.8, 4) is 0 Å². The number of cyclic esters (lactones) is 1. The Balaban J connectivity index is 3.23. The van der Waals surface area contributed by atoms with Crippen molar-refractivity contribution in [1.29, 1.82) is 0 Å². The fourth-order valence-electron chi connectivity index (χ4n) is 3.96. The lowest BCUT2D eigenvalue weighted by atomic mass is 9.77. The van der Waals surface area contributed by atoms with Gasteiger partial charge < -0.3 is 20.1 Å². The molecule has 0 spiro atoms. The number of Topliss-reactive ketones (excluding diaryl/α,β-unsaturated/α-hetero) is 1. The number of esters is 1. The number of hydrogen-bond donors (Lipinski definition) is 3. The van der Waals surface area contributed by atoms with Crippen molar-refractivity contribution < 1.29 is 29.6 Å². The Hall–Kier alpha value is -0.690. The van der Waals surface area contributed by atoms with E-state index in [1.54, 1.807) is 34.6 Å². The van der Waals surface area contributed by atoms with E-state index in [0.717, 1.165) is 0 Å². The van der Waals surface area contributed by atoms with Gasteiger partial charge >= 0.3 is 5.97 Å². The highest BCUT2D eigenvalue weighted by Gasteiger charge is 2.40. The van der Waals surface area contributed by atoms with Gasteiger partial charge in [-0.15, -0.1) is 11.6 Å². The maximum atomic E-state index is 12.7. The van der Waals surface area contributed by atoms with E-state index >= 15 is 0 Å². The van der Waals surface area contributed by atoms with Gasteiger partial charge in [0.1, 0.15) is 11.9 Å². The molecule has 1 rings (SSSR count). The number of halogens is 1. The Kier molecular flexibility index (Phi) is 9.19. The third-order valence-corrected chi connectivity index (χ3v) is 6.57. The number of alkyl halides is 1. The number of rotatable bonds is 1. The molecular weight excluding hydrogens is 372 g/mol. The highest BCUT2D eigenvalue weighted by molar-refractivity contribution is 6.18. The lowest BCUT2D eigenvalue weighted by Gasteiger charge is -2.35. The number of ketones is 1. The van der Waals surface area contributed by atoms with E-state index in [1.807, 2.05) is 6.92 Å². The zero-order valence-electron chi connectivity index (χ0n) is 17.1. The molecule has 0 radical (unpaired) electrons. The van der Waals surface area contributed by atoms with Crippen LogP contribution in [-0.4, -0.2) is 57.4 Å². The van der Waals surface area contributed by atoms with Gasteiger partial charge in [0.15, 0.2) is 0 Å².